The zero-order valence-corrected chi connectivity index (χ0v) is 19.9. The number of amides is 3. The number of carboxylic acid groups (broad SMARTS) is 1. The first-order valence-corrected chi connectivity index (χ1v) is 12.1. The van der Waals surface area contributed by atoms with Gasteiger partial charge in [-0.05, 0) is 60.4 Å². The minimum Gasteiger partial charge on any atom is -0.481 e. The Hall–Kier alpha value is -3.26. The third-order valence-corrected chi connectivity index (χ3v) is 7.92. The number of carbonyl (C=O) groups excluding carboxylic acids is 2. The van der Waals surface area contributed by atoms with Crippen LogP contribution in [-0.4, -0.2) is 28.6 Å². The molecule has 2 fully saturated rings. The molecule has 1 aliphatic carbocycles. The predicted octanol–water partition coefficient (Wildman–Crippen LogP) is 4.67. The van der Waals surface area contributed by atoms with Gasteiger partial charge in [0.25, 0.3) is 5.91 Å². The number of hydrogen-bond acceptors (Lipinski definition) is 5. The summed E-state index contributed by atoms with van der Waals surface area (Å²) in [5.74, 6) is -2.08. The van der Waals surface area contributed by atoms with Crippen molar-refractivity contribution < 1.29 is 23.9 Å². The van der Waals surface area contributed by atoms with E-state index in [9.17, 15) is 19.5 Å². The van der Waals surface area contributed by atoms with Crippen molar-refractivity contribution in [2.24, 2.45) is 11.8 Å². The van der Waals surface area contributed by atoms with Crippen molar-refractivity contribution in [3.63, 3.8) is 0 Å². The van der Waals surface area contributed by atoms with E-state index < -0.39 is 29.4 Å². The molecule has 0 bridgehead atoms. The molecule has 1 atom stereocenters. The van der Waals surface area contributed by atoms with Crippen LogP contribution in [0.3, 0.4) is 0 Å². The highest BCUT2D eigenvalue weighted by molar-refractivity contribution is 7.72. The summed E-state index contributed by atoms with van der Waals surface area (Å²) in [6, 6.07) is 9.19. The molecule has 5 rings (SSSR count). The molecule has 2 heterocycles. The minimum atomic E-state index is -1.22. The van der Waals surface area contributed by atoms with Crippen LogP contribution in [0.5, 0.6) is 0 Å². The Balaban J connectivity index is 1.74. The van der Waals surface area contributed by atoms with Gasteiger partial charge in [-0.1, -0.05) is 44.3 Å². The van der Waals surface area contributed by atoms with Crippen LogP contribution >= 0.6 is 12.2 Å². The normalized spacial score (nSPS) is 24.2. The SMILES string of the molecule is CCc1cc(CC)c2oc3ccccc3c(=S)c2c1CC1(C2CC(C(=O)O)C2)NC(=O)NC1=O. The van der Waals surface area contributed by atoms with Gasteiger partial charge < -0.3 is 14.8 Å². The van der Waals surface area contributed by atoms with E-state index in [0.717, 1.165) is 33.9 Å². The first-order valence-electron chi connectivity index (χ1n) is 11.6. The van der Waals surface area contributed by atoms with E-state index in [1.54, 1.807) is 0 Å². The number of hydrogen-bond donors (Lipinski definition) is 3. The number of imide groups is 1. The van der Waals surface area contributed by atoms with Gasteiger partial charge in [0.1, 0.15) is 16.7 Å². The molecule has 1 saturated carbocycles. The Morgan fingerprint density at radius 3 is 2.50 bits per heavy atom. The van der Waals surface area contributed by atoms with Gasteiger partial charge in [-0.25, -0.2) is 4.79 Å². The molecule has 34 heavy (non-hydrogen) atoms. The van der Waals surface area contributed by atoms with Crippen LogP contribution in [0.4, 0.5) is 4.79 Å². The summed E-state index contributed by atoms with van der Waals surface area (Å²) in [5, 5.41) is 16.3. The molecular weight excluding hydrogens is 452 g/mol. The van der Waals surface area contributed by atoms with Crippen molar-refractivity contribution in [2.75, 3.05) is 0 Å². The molecule has 3 N–H and O–H groups in total. The monoisotopic (exact) mass is 478 g/mol. The lowest BCUT2D eigenvalue weighted by molar-refractivity contribution is -0.149. The number of aliphatic carboxylic acids is 1. The molecule has 7 nitrogen and oxygen atoms in total. The fourth-order valence-electron chi connectivity index (χ4n) is 5.51. The summed E-state index contributed by atoms with van der Waals surface area (Å²) in [6.45, 7) is 4.11. The third-order valence-electron chi connectivity index (χ3n) is 7.50. The van der Waals surface area contributed by atoms with Gasteiger partial charge in [0.2, 0.25) is 0 Å². The highest BCUT2D eigenvalue weighted by Gasteiger charge is 2.57. The van der Waals surface area contributed by atoms with Gasteiger partial charge in [0.05, 0.1) is 10.4 Å². The molecule has 2 aliphatic rings. The number of fused-ring (bicyclic) bond motifs is 2. The number of para-hydroxylation sites is 1. The fourth-order valence-corrected chi connectivity index (χ4v) is 5.89. The maximum atomic E-state index is 13.2. The lowest BCUT2D eigenvalue weighted by atomic mass is 9.62. The molecule has 3 amide bonds. The molecule has 2 aromatic carbocycles. The van der Waals surface area contributed by atoms with E-state index >= 15 is 0 Å². The van der Waals surface area contributed by atoms with Crippen molar-refractivity contribution in [1.29, 1.82) is 0 Å². The number of urea groups is 1. The van der Waals surface area contributed by atoms with Crippen LogP contribution in [-0.2, 0) is 28.9 Å². The molecule has 1 aromatic heterocycles. The van der Waals surface area contributed by atoms with Crippen molar-refractivity contribution in [3.05, 3.63) is 51.5 Å². The van der Waals surface area contributed by atoms with Crippen LogP contribution in [0.1, 0.15) is 43.4 Å². The van der Waals surface area contributed by atoms with Crippen LogP contribution in [0.2, 0.25) is 0 Å². The average molecular weight is 479 g/mol. The third kappa shape index (κ3) is 3.31. The van der Waals surface area contributed by atoms with E-state index in [-0.39, 0.29) is 12.3 Å². The highest BCUT2D eigenvalue weighted by atomic mass is 32.1. The van der Waals surface area contributed by atoms with E-state index in [1.807, 2.05) is 24.3 Å². The molecular formula is C26H26N2O5S. The molecule has 1 aliphatic heterocycles. The van der Waals surface area contributed by atoms with Gasteiger partial charge in [0, 0.05) is 17.2 Å². The Morgan fingerprint density at radius 1 is 1.18 bits per heavy atom. The van der Waals surface area contributed by atoms with Gasteiger partial charge in [-0.3, -0.25) is 14.9 Å². The molecule has 176 valence electrons. The van der Waals surface area contributed by atoms with Gasteiger partial charge in [0.15, 0.2) is 0 Å². The van der Waals surface area contributed by atoms with Crippen LogP contribution in [0.15, 0.2) is 34.7 Å². The second-order valence-corrected chi connectivity index (χ2v) is 9.68. The van der Waals surface area contributed by atoms with E-state index in [0.29, 0.717) is 34.9 Å². The topological polar surface area (TPSA) is 109 Å². The number of carbonyl (C=O) groups is 3. The Morgan fingerprint density at radius 2 is 1.88 bits per heavy atom. The zero-order valence-electron chi connectivity index (χ0n) is 19.1. The first-order chi connectivity index (χ1) is 16.3. The molecule has 1 saturated heterocycles. The van der Waals surface area contributed by atoms with Crippen molar-refractivity contribution >= 4 is 52.1 Å². The predicted molar refractivity (Wildman–Crippen MR) is 130 cm³/mol. The summed E-state index contributed by atoms with van der Waals surface area (Å²) < 4.78 is 7.01. The molecule has 1 unspecified atom stereocenters. The second kappa shape index (κ2) is 8.20. The second-order valence-electron chi connectivity index (χ2n) is 9.27. The summed E-state index contributed by atoms with van der Waals surface area (Å²) in [7, 11) is 0. The number of rotatable bonds is 6. The lowest BCUT2D eigenvalue weighted by Gasteiger charge is -2.44. The highest BCUT2D eigenvalue weighted by Crippen LogP contribution is 2.45. The largest absolute Gasteiger partial charge is 0.481 e. The maximum absolute atomic E-state index is 13.2. The molecule has 0 radical (unpaired) electrons. The first kappa shape index (κ1) is 22.5. The number of carboxylic acids is 1. The average Bonchev–Trinajstić information content (AvgIpc) is 3.05. The smallest absolute Gasteiger partial charge is 0.322 e. The molecule has 0 spiro atoms. The molecule has 3 aromatic rings. The number of aryl methyl sites for hydroxylation is 2. The van der Waals surface area contributed by atoms with Crippen molar-refractivity contribution in [1.82, 2.24) is 10.6 Å². The summed E-state index contributed by atoms with van der Waals surface area (Å²) in [5.41, 5.74) is 3.15. The Bertz CT molecular complexity index is 1420. The summed E-state index contributed by atoms with van der Waals surface area (Å²) in [4.78, 5) is 36.9. The van der Waals surface area contributed by atoms with E-state index in [2.05, 4.69) is 30.5 Å². The van der Waals surface area contributed by atoms with Crippen LogP contribution in [0.25, 0.3) is 21.9 Å². The molecule has 8 heteroatoms. The summed E-state index contributed by atoms with van der Waals surface area (Å²) >= 11 is 5.96. The maximum Gasteiger partial charge on any atom is 0.322 e. The zero-order chi connectivity index (χ0) is 24.2. The summed E-state index contributed by atoms with van der Waals surface area (Å²) in [6.07, 6.45) is 2.37. The Labute approximate surface area is 201 Å². The van der Waals surface area contributed by atoms with Crippen molar-refractivity contribution in [3.8, 4) is 0 Å². The van der Waals surface area contributed by atoms with E-state index in [1.165, 1.54) is 0 Å². The minimum absolute atomic E-state index is 0.225. The fraction of sp³-hybridized carbons (Fsp3) is 0.385. The lowest BCUT2D eigenvalue weighted by Crippen LogP contribution is -2.59. The van der Waals surface area contributed by atoms with Gasteiger partial charge in [-0.15, -0.1) is 0 Å². The number of nitrogens with one attached hydrogen (secondary N) is 2. The van der Waals surface area contributed by atoms with Crippen molar-refractivity contribution in [2.45, 2.75) is 51.5 Å². The van der Waals surface area contributed by atoms with Gasteiger partial charge in [-0.2, -0.15) is 0 Å². The van der Waals surface area contributed by atoms with Gasteiger partial charge >= 0.3 is 12.0 Å². The van der Waals surface area contributed by atoms with Crippen LogP contribution in [0, 0.1) is 16.3 Å². The standard InChI is InChI=1S/C26H26N2O5S/c1-3-13-9-14(4-2)21-20(22(34)17-7-5-6-8-19(17)33-21)18(13)12-26(24(31)27-25(32)28-26)16-10-15(11-16)23(29)30/h5-9,15-16H,3-4,10-12H2,1-2H3,(H,29,30)(H2,27,28,31,32). The Kier molecular flexibility index (Phi) is 5.43. The van der Waals surface area contributed by atoms with Crippen LogP contribution < -0.4 is 10.6 Å². The quantitative estimate of drug-likeness (QED) is 0.270. The number of benzene rings is 2. The van der Waals surface area contributed by atoms with E-state index in [4.69, 9.17) is 16.6 Å².